The molecule has 0 saturated heterocycles. The lowest BCUT2D eigenvalue weighted by atomic mass is 10.1. The molecule has 0 saturated carbocycles. The van der Waals surface area contributed by atoms with Gasteiger partial charge in [-0.15, -0.1) is 0 Å². The van der Waals surface area contributed by atoms with Gasteiger partial charge in [0.05, 0.1) is 13.0 Å². The van der Waals surface area contributed by atoms with E-state index in [1.165, 1.54) is 0 Å². The molecule has 128 valence electrons. The molecule has 5 nitrogen and oxygen atoms in total. The second kappa shape index (κ2) is 7.66. The number of ether oxygens (including phenoxy) is 2. The average molecular weight is 337 g/mol. The number of aromatic amines is 1. The Labute approximate surface area is 145 Å². The standard InChI is InChI=1S/C20H19NO4/c1-14-20(16-9-5-6-10-17(16)21-14)18(22)13-25-19(23)11-12-24-15-7-3-2-4-8-15/h2-10,21H,11-13H2,1H3. The van der Waals surface area contributed by atoms with Gasteiger partial charge < -0.3 is 14.5 Å². The van der Waals surface area contributed by atoms with E-state index < -0.39 is 5.97 Å². The van der Waals surface area contributed by atoms with Crippen LogP contribution in [0.25, 0.3) is 10.9 Å². The molecule has 0 unspecified atom stereocenters. The van der Waals surface area contributed by atoms with E-state index in [0.717, 1.165) is 16.6 Å². The van der Waals surface area contributed by atoms with Crippen molar-refractivity contribution in [1.29, 1.82) is 0 Å². The third kappa shape index (κ3) is 4.07. The van der Waals surface area contributed by atoms with Gasteiger partial charge in [-0.1, -0.05) is 36.4 Å². The Morgan fingerprint density at radius 3 is 2.52 bits per heavy atom. The molecule has 5 heteroatoms. The Morgan fingerprint density at radius 2 is 1.72 bits per heavy atom. The van der Waals surface area contributed by atoms with Crippen molar-refractivity contribution in [1.82, 2.24) is 4.98 Å². The molecule has 0 bridgehead atoms. The Morgan fingerprint density at radius 1 is 1.00 bits per heavy atom. The lowest BCUT2D eigenvalue weighted by molar-refractivity contribution is -0.143. The highest BCUT2D eigenvalue weighted by atomic mass is 16.5. The quantitative estimate of drug-likeness (QED) is 0.527. The molecule has 2 aromatic carbocycles. The van der Waals surface area contributed by atoms with E-state index in [0.29, 0.717) is 11.3 Å². The lowest BCUT2D eigenvalue weighted by Gasteiger charge is -2.07. The summed E-state index contributed by atoms with van der Waals surface area (Å²) < 4.78 is 10.5. The number of benzene rings is 2. The summed E-state index contributed by atoms with van der Waals surface area (Å²) in [6.45, 7) is 1.78. The fourth-order valence-electron chi connectivity index (χ4n) is 2.70. The van der Waals surface area contributed by atoms with E-state index >= 15 is 0 Å². The van der Waals surface area contributed by atoms with Crippen molar-refractivity contribution in [2.45, 2.75) is 13.3 Å². The molecule has 0 fully saturated rings. The lowest BCUT2D eigenvalue weighted by Crippen LogP contribution is -2.16. The molecule has 0 atom stereocenters. The van der Waals surface area contributed by atoms with E-state index in [4.69, 9.17) is 9.47 Å². The summed E-state index contributed by atoms with van der Waals surface area (Å²) in [4.78, 5) is 27.4. The number of carbonyl (C=O) groups is 2. The van der Waals surface area contributed by atoms with Crippen LogP contribution in [0.4, 0.5) is 0 Å². The maximum atomic E-state index is 12.4. The zero-order valence-corrected chi connectivity index (χ0v) is 14.0. The zero-order valence-electron chi connectivity index (χ0n) is 14.0. The Hall–Kier alpha value is -3.08. The number of nitrogens with one attached hydrogen (secondary N) is 1. The van der Waals surface area contributed by atoms with Gasteiger partial charge in [0.15, 0.2) is 6.61 Å². The highest BCUT2D eigenvalue weighted by Crippen LogP contribution is 2.22. The minimum atomic E-state index is -0.457. The second-order valence-electron chi connectivity index (χ2n) is 5.67. The van der Waals surface area contributed by atoms with Crippen molar-refractivity contribution in [2.24, 2.45) is 0 Å². The van der Waals surface area contributed by atoms with Crippen LogP contribution >= 0.6 is 0 Å². The van der Waals surface area contributed by atoms with Crippen LogP contribution in [-0.4, -0.2) is 30.0 Å². The molecule has 0 spiro atoms. The molecule has 0 aliphatic heterocycles. The summed E-state index contributed by atoms with van der Waals surface area (Å²) in [7, 11) is 0. The maximum Gasteiger partial charge on any atom is 0.309 e. The first-order valence-electron chi connectivity index (χ1n) is 8.09. The van der Waals surface area contributed by atoms with Gasteiger partial charge >= 0.3 is 5.97 Å². The minimum Gasteiger partial charge on any atom is -0.493 e. The third-order valence-corrected chi connectivity index (χ3v) is 3.85. The molecule has 1 aromatic heterocycles. The van der Waals surface area contributed by atoms with Gasteiger partial charge in [-0.05, 0) is 25.1 Å². The maximum absolute atomic E-state index is 12.4. The van der Waals surface area contributed by atoms with Crippen molar-refractivity contribution in [3.8, 4) is 5.75 Å². The van der Waals surface area contributed by atoms with Crippen LogP contribution in [0.15, 0.2) is 54.6 Å². The van der Waals surface area contributed by atoms with Gasteiger partial charge in [0, 0.05) is 22.2 Å². The van der Waals surface area contributed by atoms with Gasteiger partial charge in [0.2, 0.25) is 5.78 Å². The zero-order chi connectivity index (χ0) is 17.6. The first-order valence-corrected chi connectivity index (χ1v) is 8.09. The second-order valence-corrected chi connectivity index (χ2v) is 5.67. The van der Waals surface area contributed by atoms with E-state index in [2.05, 4.69) is 4.98 Å². The first-order chi connectivity index (χ1) is 12.1. The third-order valence-electron chi connectivity index (χ3n) is 3.85. The highest BCUT2D eigenvalue weighted by molar-refractivity contribution is 6.10. The fourth-order valence-corrected chi connectivity index (χ4v) is 2.70. The van der Waals surface area contributed by atoms with Crippen LogP contribution in [-0.2, 0) is 9.53 Å². The Bertz CT molecular complexity index is 883. The van der Waals surface area contributed by atoms with Crippen LogP contribution in [0.1, 0.15) is 22.5 Å². The number of hydrogen-bond donors (Lipinski definition) is 1. The van der Waals surface area contributed by atoms with Crippen LogP contribution < -0.4 is 4.74 Å². The molecular weight excluding hydrogens is 318 g/mol. The van der Waals surface area contributed by atoms with Gasteiger partial charge in [0.1, 0.15) is 5.75 Å². The van der Waals surface area contributed by atoms with Crippen LogP contribution in [0.2, 0.25) is 0 Å². The van der Waals surface area contributed by atoms with Gasteiger partial charge in [-0.3, -0.25) is 9.59 Å². The summed E-state index contributed by atoms with van der Waals surface area (Å²) in [6.07, 6.45) is 0.0923. The summed E-state index contributed by atoms with van der Waals surface area (Å²) in [5.41, 5.74) is 2.24. The number of rotatable bonds is 7. The molecule has 0 radical (unpaired) electrons. The molecule has 0 aliphatic rings. The molecule has 0 aliphatic carbocycles. The molecule has 1 N–H and O–H groups in total. The molecule has 3 rings (SSSR count). The molecule has 1 heterocycles. The topological polar surface area (TPSA) is 68.4 Å². The van der Waals surface area contributed by atoms with Gasteiger partial charge in [-0.25, -0.2) is 0 Å². The predicted octanol–water partition coefficient (Wildman–Crippen LogP) is 3.67. The number of aryl methyl sites for hydroxylation is 1. The van der Waals surface area contributed by atoms with Crippen LogP contribution in [0.5, 0.6) is 5.75 Å². The number of hydrogen-bond acceptors (Lipinski definition) is 4. The van der Waals surface area contributed by atoms with Crippen LogP contribution in [0.3, 0.4) is 0 Å². The van der Waals surface area contributed by atoms with Crippen molar-refractivity contribution in [3.05, 3.63) is 65.9 Å². The predicted molar refractivity (Wildman–Crippen MR) is 94.9 cm³/mol. The average Bonchev–Trinajstić information content (AvgIpc) is 2.96. The molecular formula is C20H19NO4. The highest BCUT2D eigenvalue weighted by Gasteiger charge is 2.17. The monoisotopic (exact) mass is 337 g/mol. The van der Waals surface area contributed by atoms with Crippen molar-refractivity contribution >= 4 is 22.7 Å². The van der Waals surface area contributed by atoms with Gasteiger partial charge in [0.25, 0.3) is 0 Å². The summed E-state index contributed by atoms with van der Waals surface area (Å²) >= 11 is 0. The van der Waals surface area contributed by atoms with E-state index in [1.54, 1.807) is 0 Å². The largest absolute Gasteiger partial charge is 0.493 e. The number of para-hydroxylation sites is 2. The Kier molecular flexibility index (Phi) is 5.14. The number of esters is 1. The van der Waals surface area contributed by atoms with Crippen molar-refractivity contribution in [2.75, 3.05) is 13.2 Å². The molecule has 25 heavy (non-hydrogen) atoms. The minimum absolute atomic E-state index is 0.0923. The fraction of sp³-hybridized carbons (Fsp3) is 0.200. The van der Waals surface area contributed by atoms with Crippen molar-refractivity contribution in [3.63, 3.8) is 0 Å². The molecule has 0 amide bonds. The van der Waals surface area contributed by atoms with E-state index in [-0.39, 0.29) is 25.4 Å². The van der Waals surface area contributed by atoms with E-state index in [1.807, 2.05) is 61.5 Å². The number of Topliss-reactive ketones (excluding diaryl/α,β-unsaturated/α-hetero) is 1. The summed E-state index contributed by atoms with van der Waals surface area (Å²) in [5.74, 6) is 0.0230. The smallest absolute Gasteiger partial charge is 0.309 e. The summed E-state index contributed by atoms with van der Waals surface area (Å²) in [5, 5.41) is 0.841. The van der Waals surface area contributed by atoms with Gasteiger partial charge in [-0.2, -0.15) is 0 Å². The van der Waals surface area contributed by atoms with E-state index in [9.17, 15) is 9.59 Å². The number of carbonyl (C=O) groups excluding carboxylic acids is 2. The SMILES string of the molecule is Cc1[nH]c2ccccc2c1C(=O)COC(=O)CCOc1ccccc1. The number of H-pyrrole nitrogens is 1. The van der Waals surface area contributed by atoms with Crippen molar-refractivity contribution < 1.29 is 19.1 Å². The number of fused-ring (bicyclic) bond motifs is 1. The number of ketones is 1. The molecule has 3 aromatic rings. The summed E-state index contributed by atoms with van der Waals surface area (Å²) in [6, 6.07) is 16.8. The number of aromatic nitrogens is 1. The Balaban J connectivity index is 1.51. The first kappa shape index (κ1) is 16.8. The normalized spacial score (nSPS) is 10.6. The van der Waals surface area contributed by atoms with Crippen LogP contribution in [0, 0.1) is 6.92 Å².